The number of esters is 1. The number of carbonyl (C=O) groups excluding carboxylic acids is 2. The number of likely N-dealkylation sites (N-methyl/N-ethyl adjacent to an activating group) is 1. The number of ether oxygens (including phenoxy) is 2. The number of amides is 1. The number of aliphatic hydroxyl groups is 1. The van der Waals surface area contributed by atoms with Crippen molar-refractivity contribution in [3.8, 4) is 0 Å². The van der Waals surface area contributed by atoms with Gasteiger partial charge in [0.25, 0.3) is 0 Å². The fourth-order valence-electron chi connectivity index (χ4n) is 6.16. The summed E-state index contributed by atoms with van der Waals surface area (Å²) in [5, 5.41) is 10.6. The molecule has 1 N–H and O–H groups in total. The highest BCUT2D eigenvalue weighted by Gasteiger charge is 2.37. The highest BCUT2D eigenvalue weighted by molar-refractivity contribution is 7.89. The zero-order valence-electron chi connectivity index (χ0n) is 27.6. The van der Waals surface area contributed by atoms with Crippen LogP contribution < -0.4 is 0 Å². The number of rotatable bonds is 5. The average Bonchev–Trinajstić information content (AvgIpc) is 3.36. The third-order valence-corrected chi connectivity index (χ3v) is 11.1. The standard InChI is InChI=1S/C34H51N3O7S/c1-24-10-12-28(38)22-31(39)44-32(25(2)11-13-30(24)43-33(40)36-18-16-35(6)17-19-36)26(3)20-27-8-7-9-29(21-27)45(41,42)37-15-14-34(4,5)23-37/h7-9,11,13,20-21,24-25,28,30,32,38H,10,12,14-19,22-23H2,1-6H3/b13-11+,26-20+/t24-,25-,28+,30-,32-/m0/s1. The van der Waals surface area contributed by atoms with Crippen LogP contribution in [-0.2, 0) is 24.3 Å². The van der Waals surface area contributed by atoms with Crippen molar-refractivity contribution in [1.29, 1.82) is 0 Å². The summed E-state index contributed by atoms with van der Waals surface area (Å²) in [6, 6.07) is 6.82. The van der Waals surface area contributed by atoms with E-state index < -0.39 is 34.3 Å². The van der Waals surface area contributed by atoms with Crippen LogP contribution in [0.4, 0.5) is 4.79 Å². The molecule has 3 heterocycles. The quantitative estimate of drug-likeness (QED) is 0.367. The van der Waals surface area contributed by atoms with Gasteiger partial charge in [-0.15, -0.1) is 0 Å². The molecule has 5 atom stereocenters. The lowest BCUT2D eigenvalue weighted by atomic mass is 9.91. The SMILES string of the molecule is C/C(=C\c1cccc(S(=O)(=O)N2CCC(C)(C)C2)c1)[C@H]1OC(=O)C[C@H](O)CC[C@H](C)[C@@H](OC(=O)N2CCN(C)CC2)/C=C/[C@@H]1C. The molecule has 250 valence electrons. The van der Waals surface area contributed by atoms with Gasteiger partial charge in [0.1, 0.15) is 12.2 Å². The van der Waals surface area contributed by atoms with Crippen LogP contribution in [-0.4, -0.2) is 104 Å². The van der Waals surface area contributed by atoms with Crippen LogP contribution in [0.3, 0.4) is 0 Å². The molecule has 0 aromatic heterocycles. The highest BCUT2D eigenvalue weighted by Crippen LogP contribution is 2.33. The van der Waals surface area contributed by atoms with E-state index in [0.29, 0.717) is 44.6 Å². The van der Waals surface area contributed by atoms with Gasteiger partial charge in [-0.2, -0.15) is 4.31 Å². The number of cyclic esters (lactones) is 1. The predicted octanol–water partition coefficient (Wildman–Crippen LogP) is 4.55. The third-order valence-electron chi connectivity index (χ3n) is 9.24. The van der Waals surface area contributed by atoms with Crippen LogP contribution in [0.1, 0.15) is 65.9 Å². The van der Waals surface area contributed by atoms with Crippen molar-refractivity contribution in [1.82, 2.24) is 14.1 Å². The Hall–Kier alpha value is -2.73. The van der Waals surface area contributed by atoms with Crippen LogP contribution in [0.15, 0.2) is 46.9 Å². The highest BCUT2D eigenvalue weighted by atomic mass is 32.2. The van der Waals surface area contributed by atoms with E-state index in [0.717, 1.165) is 25.1 Å². The van der Waals surface area contributed by atoms with Crippen LogP contribution >= 0.6 is 0 Å². The van der Waals surface area contributed by atoms with E-state index in [1.165, 1.54) is 0 Å². The number of nitrogens with zero attached hydrogens (tertiary/aromatic N) is 3. The summed E-state index contributed by atoms with van der Waals surface area (Å²) in [4.78, 5) is 30.1. The summed E-state index contributed by atoms with van der Waals surface area (Å²) < 4.78 is 40.3. The number of carbonyl (C=O) groups is 2. The fourth-order valence-corrected chi connectivity index (χ4v) is 7.84. The minimum absolute atomic E-state index is 0.0598. The zero-order valence-corrected chi connectivity index (χ0v) is 28.5. The summed E-state index contributed by atoms with van der Waals surface area (Å²) in [6.07, 6.45) is 4.83. The van der Waals surface area contributed by atoms with Crippen LogP contribution in [0.25, 0.3) is 6.08 Å². The molecule has 11 heteroatoms. The zero-order chi connectivity index (χ0) is 32.9. The molecule has 1 aromatic carbocycles. The Morgan fingerprint density at radius 1 is 1.09 bits per heavy atom. The van der Waals surface area contributed by atoms with Crippen LogP contribution in [0.2, 0.25) is 0 Å². The first-order valence-corrected chi connectivity index (χ1v) is 17.6. The Labute approximate surface area is 269 Å². The summed E-state index contributed by atoms with van der Waals surface area (Å²) in [5.41, 5.74) is 1.34. The smallest absolute Gasteiger partial charge is 0.410 e. The summed E-state index contributed by atoms with van der Waals surface area (Å²) in [6.45, 7) is 13.7. The third kappa shape index (κ3) is 9.40. The van der Waals surface area contributed by atoms with Crippen molar-refractivity contribution < 1.29 is 32.6 Å². The monoisotopic (exact) mass is 645 g/mol. The van der Waals surface area contributed by atoms with Gasteiger partial charge >= 0.3 is 12.1 Å². The second kappa shape index (κ2) is 14.8. The van der Waals surface area contributed by atoms with Gasteiger partial charge in [-0.05, 0) is 73.9 Å². The molecule has 0 aliphatic carbocycles. The number of piperazine rings is 1. The van der Waals surface area contributed by atoms with Crippen LogP contribution in [0, 0.1) is 17.3 Å². The molecule has 3 aliphatic rings. The van der Waals surface area contributed by atoms with Gasteiger partial charge in [0.05, 0.1) is 17.4 Å². The van der Waals surface area contributed by atoms with E-state index in [1.807, 2.05) is 52.1 Å². The molecule has 2 fully saturated rings. The van der Waals surface area contributed by atoms with E-state index in [4.69, 9.17) is 9.47 Å². The summed E-state index contributed by atoms with van der Waals surface area (Å²) >= 11 is 0. The molecule has 3 aliphatic heterocycles. The Balaban J connectivity index is 1.56. The minimum Gasteiger partial charge on any atom is -0.457 e. The van der Waals surface area contributed by atoms with Gasteiger partial charge in [0.2, 0.25) is 10.0 Å². The number of sulfonamides is 1. The van der Waals surface area contributed by atoms with E-state index in [2.05, 4.69) is 18.7 Å². The van der Waals surface area contributed by atoms with Crippen molar-refractivity contribution in [3.63, 3.8) is 0 Å². The van der Waals surface area contributed by atoms with Gasteiger partial charge in [-0.1, -0.05) is 52.0 Å². The van der Waals surface area contributed by atoms with Crippen molar-refractivity contribution >= 4 is 28.2 Å². The Morgan fingerprint density at radius 2 is 1.80 bits per heavy atom. The Bertz CT molecular complexity index is 1370. The molecular formula is C34H51N3O7S. The lowest BCUT2D eigenvalue weighted by molar-refractivity contribution is -0.151. The molecular weight excluding hydrogens is 594 g/mol. The minimum atomic E-state index is -3.65. The Morgan fingerprint density at radius 3 is 2.47 bits per heavy atom. The van der Waals surface area contributed by atoms with Gasteiger partial charge in [0.15, 0.2) is 0 Å². The van der Waals surface area contributed by atoms with Gasteiger partial charge in [-0.25, -0.2) is 13.2 Å². The van der Waals surface area contributed by atoms with Crippen LogP contribution in [0.5, 0.6) is 0 Å². The molecule has 0 bridgehead atoms. The fraction of sp³-hybridized carbons (Fsp3) is 0.647. The van der Waals surface area contributed by atoms with E-state index in [1.54, 1.807) is 27.4 Å². The lowest BCUT2D eigenvalue weighted by Gasteiger charge is -2.33. The largest absolute Gasteiger partial charge is 0.457 e. The number of benzene rings is 1. The molecule has 10 nitrogen and oxygen atoms in total. The first-order valence-electron chi connectivity index (χ1n) is 16.1. The van der Waals surface area contributed by atoms with Crippen molar-refractivity contribution in [3.05, 3.63) is 47.6 Å². The van der Waals surface area contributed by atoms with Gasteiger partial charge in [-0.3, -0.25) is 4.79 Å². The predicted molar refractivity (Wildman–Crippen MR) is 174 cm³/mol. The molecule has 0 spiro atoms. The van der Waals surface area contributed by atoms with Crippen molar-refractivity contribution in [2.75, 3.05) is 46.3 Å². The summed E-state index contributed by atoms with van der Waals surface area (Å²) in [5.74, 6) is -0.867. The maximum Gasteiger partial charge on any atom is 0.410 e. The maximum atomic E-state index is 13.4. The number of aliphatic hydroxyl groups excluding tert-OH is 1. The van der Waals surface area contributed by atoms with Crippen molar-refractivity contribution in [2.24, 2.45) is 17.3 Å². The maximum absolute atomic E-state index is 13.4. The van der Waals surface area contributed by atoms with Crippen molar-refractivity contribution in [2.45, 2.75) is 83.5 Å². The van der Waals surface area contributed by atoms with Gasteiger partial charge in [0, 0.05) is 45.2 Å². The summed E-state index contributed by atoms with van der Waals surface area (Å²) in [7, 11) is -1.62. The van der Waals surface area contributed by atoms with Gasteiger partial charge < -0.3 is 24.4 Å². The number of hydrogen-bond acceptors (Lipinski definition) is 8. The topological polar surface area (TPSA) is 117 Å². The molecule has 1 amide bonds. The first-order chi connectivity index (χ1) is 21.1. The normalized spacial score (nSPS) is 30.2. The molecule has 0 unspecified atom stereocenters. The van der Waals surface area contributed by atoms with E-state index in [-0.39, 0.29) is 34.7 Å². The second-order valence-electron chi connectivity index (χ2n) is 13.9. The first kappa shape index (κ1) is 35.1. The molecule has 45 heavy (non-hydrogen) atoms. The number of hydrogen-bond donors (Lipinski definition) is 1. The molecule has 1 aromatic rings. The van der Waals surface area contributed by atoms with E-state index >= 15 is 0 Å². The average molecular weight is 646 g/mol. The second-order valence-corrected chi connectivity index (χ2v) is 15.9. The molecule has 0 radical (unpaired) electrons. The Kier molecular flexibility index (Phi) is 11.5. The molecule has 0 saturated carbocycles. The lowest BCUT2D eigenvalue weighted by Crippen LogP contribution is -2.48. The molecule has 4 rings (SSSR count). The molecule has 2 saturated heterocycles. The van der Waals surface area contributed by atoms with E-state index in [9.17, 15) is 23.1 Å².